The van der Waals surface area contributed by atoms with Crippen LogP contribution in [0, 0.1) is 0 Å². The highest BCUT2D eigenvalue weighted by molar-refractivity contribution is 5.47. The number of nitrogens with zero attached hydrogens (tertiary/aromatic N) is 4. The molecule has 3 rings (SSSR count). The highest BCUT2D eigenvalue weighted by Gasteiger charge is 2.17. The van der Waals surface area contributed by atoms with E-state index in [9.17, 15) is 0 Å². The third kappa shape index (κ3) is 3.81. The molecule has 0 aromatic carbocycles. The van der Waals surface area contributed by atoms with Crippen molar-refractivity contribution in [2.24, 2.45) is 0 Å². The minimum atomic E-state index is 0.831. The lowest BCUT2D eigenvalue weighted by Gasteiger charge is -2.34. The second-order valence-corrected chi connectivity index (χ2v) is 5.74. The lowest BCUT2D eigenvalue weighted by Crippen LogP contribution is -2.45. The third-order valence-corrected chi connectivity index (χ3v) is 4.06. The van der Waals surface area contributed by atoms with Crippen LogP contribution in [0.3, 0.4) is 0 Å². The van der Waals surface area contributed by atoms with Gasteiger partial charge in [0.25, 0.3) is 0 Å². The molecule has 1 N–H and O–H groups in total. The van der Waals surface area contributed by atoms with Crippen molar-refractivity contribution in [2.75, 3.05) is 38.1 Å². The molecule has 0 aliphatic carbocycles. The van der Waals surface area contributed by atoms with E-state index in [2.05, 4.69) is 38.2 Å². The number of anilines is 1. The summed E-state index contributed by atoms with van der Waals surface area (Å²) in [6.07, 6.45) is 5.55. The summed E-state index contributed by atoms with van der Waals surface area (Å²) in [5.74, 6) is 1.12. The fourth-order valence-electron chi connectivity index (χ4n) is 2.71. The average Bonchev–Trinajstić information content (AvgIpc) is 2.57. The number of pyridine rings is 2. The molecule has 0 atom stereocenters. The van der Waals surface area contributed by atoms with Crippen LogP contribution in [0.4, 0.5) is 5.82 Å². The van der Waals surface area contributed by atoms with Gasteiger partial charge in [-0.1, -0.05) is 6.07 Å². The topological polar surface area (TPSA) is 44.3 Å². The summed E-state index contributed by atoms with van der Waals surface area (Å²) in [5.41, 5.74) is 2.51. The minimum Gasteiger partial charge on any atom is -0.354 e. The van der Waals surface area contributed by atoms with Crippen molar-refractivity contribution in [3.63, 3.8) is 0 Å². The van der Waals surface area contributed by atoms with Gasteiger partial charge >= 0.3 is 0 Å². The first kappa shape index (κ1) is 14.9. The second kappa shape index (κ2) is 7.33. The lowest BCUT2D eigenvalue weighted by atomic mass is 10.2. The summed E-state index contributed by atoms with van der Waals surface area (Å²) >= 11 is 0. The average molecular weight is 297 g/mol. The van der Waals surface area contributed by atoms with E-state index in [1.165, 1.54) is 11.1 Å². The van der Waals surface area contributed by atoms with Crippen LogP contribution in [0.5, 0.6) is 0 Å². The molecule has 2 aromatic rings. The number of hydrogen-bond donors (Lipinski definition) is 1. The second-order valence-electron chi connectivity index (χ2n) is 5.74. The zero-order valence-corrected chi connectivity index (χ0v) is 13.1. The van der Waals surface area contributed by atoms with Crippen molar-refractivity contribution < 1.29 is 0 Å². The van der Waals surface area contributed by atoms with Crippen LogP contribution >= 0.6 is 0 Å². The van der Waals surface area contributed by atoms with Gasteiger partial charge in [-0.25, -0.2) is 4.98 Å². The first-order valence-electron chi connectivity index (χ1n) is 7.80. The van der Waals surface area contributed by atoms with Gasteiger partial charge < -0.3 is 15.1 Å². The number of likely N-dealkylation sites (N-methyl/N-ethyl adjacent to an activating group) is 1. The molecule has 1 saturated heterocycles. The molecule has 5 heteroatoms. The van der Waals surface area contributed by atoms with Gasteiger partial charge in [0.2, 0.25) is 0 Å². The van der Waals surface area contributed by atoms with Gasteiger partial charge in [-0.05, 0) is 30.8 Å². The lowest BCUT2D eigenvalue weighted by molar-refractivity contribution is 0.311. The van der Waals surface area contributed by atoms with Crippen LogP contribution in [0.15, 0.2) is 42.9 Å². The number of rotatable bonds is 5. The molecule has 5 nitrogen and oxygen atoms in total. The fourth-order valence-corrected chi connectivity index (χ4v) is 2.71. The van der Waals surface area contributed by atoms with Crippen LogP contribution < -0.4 is 10.2 Å². The summed E-state index contributed by atoms with van der Waals surface area (Å²) in [4.78, 5) is 13.4. The first-order chi connectivity index (χ1) is 10.8. The van der Waals surface area contributed by atoms with Gasteiger partial charge in [-0.2, -0.15) is 0 Å². The Kier molecular flexibility index (Phi) is 4.98. The molecule has 1 aliphatic heterocycles. The van der Waals surface area contributed by atoms with Gasteiger partial charge in [0.05, 0.1) is 0 Å². The third-order valence-electron chi connectivity index (χ3n) is 4.06. The van der Waals surface area contributed by atoms with Gasteiger partial charge in [0.1, 0.15) is 5.82 Å². The maximum atomic E-state index is 4.61. The Morgan fingerprint density at radius 2 is 1.77 bits per heavy atom. The Bertz CT molecular complexity index is 579. The van der Waals surface area contributed by atoms with E-state index in [4.69, 9.17) is 0 Å². The molecule has 0 amide bonds. The Morgan fingerprint density at radius 3 is 2.55 bits per heavy atom. The molecule has 22 heavy (non-hydrogen) atoms. The molecule has 0 radical (unpaired) electrons. The quantitative estimate of drug-likeness (QED) is 0.906. The molecule has 0 unspecified atom stereocenters. The Balaban J connectivity index is 1.61. The smallest absolute Gasteiger partial charge is 0.133 e. The van der Waals surface area contributed by atoms with Crippen molar-refractivity contribution in [1.29, 1.82) is 0 Å². The molecular weight excluding hydrogens is 274 g/mol. The normalized spacial score (nSPS) is 16.0. The van der Waals surface area contributed by atoms with Crippen molar-refractivity contribution in [1.82, 2.24) is 20.2 Å². The summed E-state index contributed by atoms with van der Waals surface area (Å²) in [7, 11) is 2.17. The Labute approximate surface area is 132 Å². The van der Waals surface area contributed by atoms with Gasteiger partial charge in [-0.15, -0.1) is 0 Å². The van der Waals surface area contributed by atoms with E-state index < -0.39 is 0 Å². The minimum absolute atomic E-state index is 0.831. The van der Waals surface area contributed by atoms with Gasteiger partial charge in [-0.3, -0.25) is 4.98 Å². The molecule has 1 fully saturated rings. The predicted octanol–water partition coefficient (Wildman–Crippen LogP) is 1.52. The van der Waals surface area contributed by atoms with Crippen LogP contribution in [-0.4, -0.2) is 48.1 Å². The van der Waals surface area contributed by atoms with Crippen molar-refractivity contribution in [3.05, 3.63) is 54.0 Å². The maximum Gasteiger partial charge on any atom is 0.133 e. The molecule has 0 bridgehead atoms. The van der Waals surface area contributed by atoms with E-state index >= 15 is 0 Å². The molecule has 3 heterocycles. The van der Waals surface area contributed by atoms with Crippen molar-refractivity contribution in [3.8, 4) is 0 Å². The standard InChI is InChI=1S/C17H23N5/c1-21-9-11-22(12-10-21)17-16(3-2-6-20-17)14-19-13-15-4-7-18-8-5-15/h2-8,19H,9-14H2,1H3. The Morgan fingerprint density at radius 1 is 1.00 bits per heavy atom. The summed E-state index contributed by atoms with van der Waals surface area (Å²) in [5, 5.41) is 3.50. The number of piperazine rings is 1. The highest BCUT2D eigenvalue weighted by atomic mass is 15.3. The van der Waals surface area contributed by atoms with E-state index in [0.717, 1.165) is 45.1 Å². The summed E-state index contributed by atoms with van der Waals surface area (Å²) < 4.78 is 0. The van der Waals surface area contributed by atoms with Crippen LogP contribution in [0.1, 0.15) is 11.1 Å². The van der Waals surface area contributed by atoms with E-state index in [-0.39, 0.29) is 0 Å². The first-order valence-corrected chi connectivity index (χ1v) is 7.80. The van der Waals surface area contributed by atoms with E-state index in [1.807, 2.05) is 36.8 Å². The van der Waals surface area contributed by atoms with Gasteiger partial charge in [0, 0.05) is 63.4 Å². The number of hydrogen-bond acceptors (Lipinski definition) is 5. The summed E-state index contributed by atoms with van der Waals surface area (Å²) in [6.45, 7) is 5.97. The zero-order valence-electron chi connectivity index (χ0n) is 13.1. The van der Waals surface area contributed by atoms with Crippen LogP contribution in [0.25, 0.3) is 0 Å². The molecule has 116 valence electrons. The number of nitrogens with one attached hydrogen (secondary N) is 1. The largest absolute Gasteiger partial charge is 0.354 e. The van der Waals surface area contributed by atoms with Crippen LogP contribution in [0.2, 0.25) is 0 Å². The fraction of sp³-hybridized carbons (Fsp3) is 0.412. The van der Waals surface area contributed by atoms with Crippen LogP contribution in [-0.2, 0) is 13.1 Å². The van der Waals surface area contributed by atoms with E-state index in [1.54, 1.807) is 0 Å². The summed E-state index contributed by atoms with van der Waals surface area (Å²) in [6, 6.07) is 8.26. The number of aromatic nitrogens is 2. The van der Waals surface area contributed by atoms with Crippen molar-refractivity contribution >= 4 is 5.82 Å². The molecule has 0 saturated carbocycles. The maximum absolute atomic E-state index is 4.61. The SMILES string of the molecule is CN1CCN(c2ncccc2CNCc2ccncc2)CC1. The zero-order chi connectivity index (χ0) is 15.2. The van der Waals surface area contributed by atoms with Gasteiger partial charge in [0.15, 0.2) is 0 Å². The highest BCUT2D eigenvalue weighted by Crippen LogP contribution is 2.18. The molecule has 0 spiro atoms. The Hall–Kier alpha value is -1.98. The monoisotopic (exact) mass is 297 g/mol. The molecule has 1 aliphatic rings. The predicted molar refractivity (Wildman–Crippen MR) is 88.7 cm³/mol. The molecular formula is C17H23N5. The molecule has 2 aromatic heterocycles. The van der Waals surface area contributed by atoms with E-state index in [0.29, 0.717) is 0 Å². The van der Waals surface area contributed by atoms with Crippen molar-refractivity contribution in [2.45, 2.75) is 13.1 Å².